The van der Waals surface area contributed by atoms with Crippen LogP contribution in [-0.4, -0.2) is 26.3 Å². The summed E-state index contributed by atoms with van der Waals surface area (Å²) in [4.78, 5) is 8.33. The van der Waals surface area contributed by atoms with Crippen LogP contribution < -0.4 is 16.6 Å². The first-order valence-corrected chi connectivity index (χ1v) is 5.81. The van der Waals surface area contributed by atoms with E-state index in [9.17, 15) is 0 Å². The van der Waals surface area contributed by atoms with E-state index in [2.05, 4.69) is 25.8 Å². The summed E-state index contributed by atoms with van der Waals surface area (Å²) in [7, 11) is 0. The molecule has 0 aliphatic rings. The van der Waals surface area contributed by atoms with Gasteiger partial charge in [0.05, 0.1) is 0 Å². The molecule has 0 radical (unpaired) electrons. The number of hydrogen-bond acceptors (Lipinski definition) is 6. The fourth-order valence-electron chi connectivity index (χ4n) is 1.61. The number of aryl methyl sites for hydroxylation is 2. The Morgan fingerprint density at radius 2 is 2.28 bits per heavy atom. The van der Waals surface area contributed by atoms with Gasteiger partial charge in [0.25, 0.3) is 0 Å². The maximum atomic E-state index is 5.29. The third-order valence-electron chi connectivity index (χ3n) is 2.41. The molecule has 7 heteroatoms. The number of aromatic nitrogens is 4. The minimum absolute atomic E-state index is 0.421. The summed E-state index contributed by atoms with van der Waals surface area (Å²) in [5.74, 6) is 6.49. The van der Waals surface area contributed by atoms with E-state index in [1.807, 2.05) is 29.9 Å². The number of hydrogen-bond donors (Lipinski definition) is 3. The summed E-state index contributed by atoms with van der Waals surface area (Å²) in [6.45, 7) is 3.60. The lowest BCUT2D eigenvalue weighted by Gasteiger charge is -2.08. The molecule has 0 saturated carbocycles. The fourth-order valence-corrected chi connectivity index (χ4v) is 1.61. The lowest BCUT2D eigenvalue weighted by Crippen LogP contribution is -2.13. The van der Waals surface area contributed by atoms with Crippen LogP contribution in [0.2, 0.25) is 0 Å². The van der Waals surface area contributed by atoms with Gasteiger partial charge in [-0.25, -0.2) is 10.8 Å². The van der Waals surface area contributed by atoms with Gasteiger partial charge in [-0.3, -0.25) is 10.1 Å². The molecule has 4 N–H and O–H groups in total. The van der Waals surface area contributed by atoms with Crippen LogP contribution in [0.4, 0.5) is 11.8 Å². The summed E-state index contributed by atoms with van der Waals surface area (Å²) in [6, 6.07) is 3.80. The summed E-state index contributed by atoms with van der Waals surface area (Å²) >= 11 is 0. The Hall–Kier alpha value is -2.15. The van der Waals surface area contributed by atoms with Crippen molar-refractivity contribution in [3.63, 3.8) is 0 Å². The Kier molecular flexibility index (Phi) is 4.08. The lowest BCUT2D eigenvalue weighted by atomic mass is 10.4. The molecule has 2 aromatic heterocycles. The molecular formula is C11H17N7. The van der Waals surface area contributed by atoms with Gasteiger partial charge in [-0.1, -0.05) is 0 Å². The highest BCUT2D eigenvalue weighted by molar-refractivity contribution is 5.41. The third kappa shape index (κ3) is 3.42. The predicted molar refractivity (Wildman–Crippen MR) is 69.9 cm³/mol. The van der Waals surface area contributed by atoms with E-state index >= 15 is 0 Å². The summed E-state index contributed by atoms with van der Waals surface area (Å²) in [6.07, 6.45) is 4.70. The van der Waals surface area contributed by atoms with E-state index in [0.717, 1.165) is 31.0 Å². The van der Waals surface area contributed by atoms with Gasteiger partial charge in [-0.15, -0.1) is 0 Å². The van der Waals surface area contributed by atoms with Gasteiger partial charge in [0, 0.05) is 37.2 Å². The van der Waals surface area contributed by atoms with Gasteiger partial charge in [-0.2, -0.15) is 10.1 Å². The molecule has 0 aliphatic heterocycles. The summed E-state index contributed by atoms with van der Waals surface area (Å²) in [5.41, 5.74) is 3.31. The van der Waals surface area contributed by atoms with Gasteiger partial charge in [-0.05, 0) is 19.4 Å². The minimum atomic E-state index is 0.421. The number of nitrogens with one attached hydrogen (secondary N) is 2. The zero-order chi connectivity index (χ0) is 12.8. The fraction of sp³-hybridized carbons (Fsp3) is 0.364. The van der Waals surface area contributed by atoms with Crippen LogP contribution in [0.3, 0.4) is 0 Å². The average Bonchev–Trinajstić information content (AvgIpc) is 2.87. The van der Waals surface area contributed by atoms with Crippen LogP contribution in [0.5, 0.6) is 0 Å². The predicted octanol–water partition coefficient (Wildman–Crippen LogP) is 0.769. The van der Waals surface area contributed by atoms with E-state index in [0.29, 0.717) is 5.95 Å². The van der Waals surface area contributed by atoms with Crippen molar-refractivity contribution in [2.24, 2.45) is 5.84 Å². The van der Waals surface area contributed by atoms with Crippen LogP contribution in [-0.2, 0) is 6.54 Å². The van der Waals surface area contributed by atoms with Gasteiger partial charge < -0.3 is 5.32 Å². The number of rotatable bonds is 6. The molecule has 2 heterocycles. The Bertz CT molecular complexity index is 480. The van der Waals surface area contributed by atoms with E-state index in [-0.39, 0.29) is 0 Å². The van der Waals surface area contributed by atoms with Crippen LogP contribution >= 0.6 is 0 Å². The molecule has 0 unspecified atom stereocenters. The molecule has 0 fully saturated rings. The van der Waals surface area contributed by atoms with E-state index < -0.39 is 0 Å². The second kappa shape index (κ2) is 5.97. The minimum Gasteiger partial charge on any atom is -0.370 e. The second-order valence-corrected chi connectivity index (χ2v) is 3.91. The van der Waals surface area contributed by atoms with Crippen molar-refractivity contribution in [2.75, 3.05) is 17.3 Å². The van der Waals surface area contributed by atoms with Crippen molar-refractivity contribution in [3.8, 4) is 0 Å². The number of nitrogens with two attached hydrogens (primary N) is 1. The van der Waals surface area contributed by atoms with Crippen molar-refractivity contribution >= 4 is 11.8 Å². The molecular weight excluding hydrogens is 230 g/mol. The van der Waals surface area contributed by atoms with E-state index in [1.165, 1.54) is 0 Å². The molecule has 0 atom stereocenters. The maximum absolute atomic E-state index is 5.29. The highest BCUT2D eigenvalue weighted by atomic mass is 15.3. The van der Waals surface area contributed by atoms with Crippen molar-refractivity contribution in [3.05, 3.63) is 30.2 Å². The van der Waals surface area contributed by atoms with Gasteiger partial charge in [0.15, 0.2) is 0 Å². The number of nitrogens with zero attached hydrogens (tertiary/aromatic N) is 4. The topological polar surface area (TPSA) is 93.7 Å². The van der Waals surface area contributed by atoms with E-state index in [4.69, 9.17) is 5.84 Å². The zero-order valence-electron chi connectivity index (χ0n) is 10.3. The summed E-state index contributed by atoms with van der Waals surface area (Å²) < 4.78 is 1.90. The standard InChI is InChI=1S/C11H17N7/c1-9-8-10(16-11(15-9)17-12)13-4-2-6-18-7-3-5-14-18/h3,5,7-8H,2,4,6,12H2,1H3,(H2,13,15,16,17). The Labute approximate surface area is 105 Å². The molecule has 0 aliphatic carbocycles. The number of anilines is 2. The SMILES string of the molecule is Cc1cc(NCCCn2cccn2)nc(NN)n1. The molecule has 0 spiro atoms. The smallest absolute Gasteiger partial charge is 0.239 e. The van der Waals surface area contributed by atoms with Crippen molar-refractivity contribution in [1.29, 1.82) is 0 Å². The zero-order valence-corrected chi connectivity index (χ0v) is 10.3. The maximum Gasteiger partial charge on any atom is 0.239 e. The largest absolute Gasteiger partial charge is 0.370 e. The molecule has 0 amide bonds. The number of nitrogen functional groups attached to an aromatic ring is 1. The quantitative estimate of drug-likeness (QED) is 0.396. The Morgan fingerprint density at radius 1 is 1.39 bits per heavy atom. The second-order valence-electron chi connectivity index (χ2n) is 3.91. The van der Waals surface area contributed by atoms with Crippen LogP contribution in [0.1, 0.15) is 12.1 Å². The highest BCUT2D eigenvalue weighted by Gasteiger charge is 2.00. The highest BCUT2D eigenvalue weighted by Crippen LogP contribution is 2.08. The van der Waals surface area contributed by atoms with Gasteiger partial charge >= 0.3 is 0 Å². The monoisotopic (exact) mass is 247 g/mol. The van der Waals surface area contributed by atoms with Crippen LogP contribution in [0.15, 0.2) is 24.5 Å². The lowest BCUT2D eigenvalue weighted by molar-refractivity contribution is 0.591. The Morgan fingerprint density at radius 3 is 3.00 bits per heavy atom. The van der Waals surface area contributed by atoms with Crippen LogP contribution in [0.25, 0.3) is 0 Å². The van der Waals surface area contributed by atoms with Crippen molar-refractivity contribution in [1.82, 2.24) is 19.7 Å². The molecule has 0 aromatic carbocycles. The molecule has 0 saturated heterocycles. The third-order valence-corrected chi connectivity index (χ3v) is 2.41. The molecule has 7 nitrogen and oxygen atoms in total. The molecule has 96 valence electrons. The number of hydrazine groups is 1. The summed E-state index contributed by atoms with van der Waals surface area (Å²) in [5, 5.41) is 7.37. The van der Waals surface area contributed by atoms with E-state index in [1.54, 1.807) is 6.20 Å². The average molecular weight is 247 g/mol. The first-order valence-electron chi connectivity index (χ1n) is 5.81. The molecule has 2 rings (SSSR count). The molecule has 18 heavy (non-hydrogen) atoms. The normalized spacial score (nSPS) is 10.3. The van der Waals surface area contributed by atoms with Gasteiger partial charge in [0.2, 0.25) is 5.95 Å². The first kappa shape index (κ1) is 12.3. The van der Waals surface area contributed by atoms with Crippen LogP contribution in [0, 0.1) is 6.92 Å². The molecule has 2 aromatic rings. The Balaban J connectivity index is 1.81. The van der Waals surface area contributed by atoms with Gasteiger partial charge in [0.1, 0.15) is 5.82 Å². The molecule has 0 bridgehead atoms. The first-order chi connectivity index (χ1) is 8.78. The van der Waals surface area contributed by atoms with Crippen molar-refractivity contribution < 1.29 is 0 Å². The van der Waals surface area contributed by atoms with Crippen molar-refractivity contribution in [2.45, 2.75) is 19.9 Å².